The van der Waals surface area contributed by atoms with Gasteiger partial charge in [-0.15, -0.1) is 0 Å². The van der Waals surface area contributed by atoms with Crippen molar-refractivity contribution in [2.24, 2.45) is 5.41 Å². The molecule has 0 N–H and O–H groups in total. The van der Waals surface area contributed by atoms with Gasteiger partial charge in [0.05, 0.1) is 11.6 Å². The van der Waals surface area contributed by atoms with Crippen LogP contribution in [0.2, 0.25) is 5.02 Å². The normalized spacial score (nSPS) is 11.1. The lowest BCUT2D eigenvalue weighted by Crippen LogP contribution is -2.42. The number of halogens is 1. The number of carbonyl (C=O) groups is 2. The molecule has 5 heteroatoms. The first-order valence-corrected chi connectivity index (χ1v) is 8.53. The van der Waals surface area contributed by atoms with Crippen LogP contribution in [0.1, 0.15) is 52.9 Å². The number of hydrogen-bond acceptors (Lipinski definition) is 4. The average molecular weight is 341 g/mol. The van der Waals surface area contributed by atoms with Crippen molar-refractivity contribution < 1.29 is 19.1 Å². The van der Waals surface area contributed by atoms with Crippen LogP contribution < -0.4 is 4.74 Å². The SMILES string of the molecule is CCCCCOC(=O)C(CC)(CC)C(=O)Oc1ccccc1Cl. The Balaban J connectivity index is 2.84. The Morgan fingerprint density at radius 1 is 1.04 bits per heavy atom. The summed E-state index contributed by atoms with van der Waals surface area (Å²) < 4.78 is 10.7. The van der Waals surface area contributed by atoms with Gasteiger partial charge in [0.2, 0.25) is 0 Å². The van der Waals surface area contributed by atoms with Gasteiger partial charge in [0.15, 0.2) is 5.41 Å². The third-order valence-electron chi connectivity index (χ3n) is 4.01. The van der Waals surface area contributed by atoms with E-state index in [1.807, 2.05) is 0 Å². The summed E-state index contributed by atoms with van der Waals surface area (Å²) >= 11 is 6.01. The minimum atomic E-state index is -1.29. The number of esters is 2. The monoisotopic (exact) mass is 340 g/mol. The fraction of sp³-hybridized carbons (Fsp3) is 0.556. The molecule has 0 aliphatic carbocycles. The van der Waals surface area contributed by atoms with E-state index in [2.05, 4.69) is 6.92 Å². The maximum absolute atomic E-state index is 12.6. The highest BCUT2D eigenvalue weighted by Gasteiger charge is 2.46. The molecule has 23 heavy (non-hydrogen) atoms. The zero-order valence-electron chi connectivity index (χ0n) is 14.1. The molecule has 0 aromatic heterocycles. The molecule has 1 aromatic carbocycles. The lowest BCUT2D eigenvalue weighted by molar-refractivity contribution is -0.168. The van der Waals surface area contributed by atoms with Crippen molar-refractivity contribution in [1.29, 1.82) is 0 Å². The van der Waals surface area contributed by atoms with Gasteiger partial charge in [0.25, 0.3) is 0 Å². The predicted octanol–water partition coefficient (Wildman–Crippen LogP) is 4.79. The van der Waals surface area contributed by atoms with Crippen LogP contribution in [-0.4, -0.2) is 18.5 Å². The van der Waals surface area contributed by atoms with Crippen molar-refractivity contribution in [2.45, 2.75) is 52.9 Å². The molecular weight excluding hydrogens is 316 g/mol. The lowest BCUT2D eigenvalue weighted by Gasteiger charge is -2.27. The van der Waals surface area contributed by atoms with Crippen molar-refractivity contribution in [1.82, 2.24) is 0 Å². The van der Waals surface area contributed by atoms with Crippen molar-refractivity contribution in [3.05, 3.63) is 29.3 Å². The largest absolute Gasteiger partial charge is 0.465 e. The minimum absolute atomic E-state index is 0.254. The van der Waals surface area contributed by atoms with Crippen LogP contribution in [0.15, 0.2) is 24.3 Å². The highest BCUT2D eigenvalue weighted by atomic mass is 35.5. The van der Waals surface area contributed by atoms with Gasteiger partial charge < -0.3 is 9.47 Å². The highest BCUT2D eigenvalue weighted by molar-refractivity contribution is 6.32. The molecule has 0 heterocycles. The van der Waals surface area contributed by atoms with Crippen molar-refractivity contribution in [3.8, 4) is 5.75 Å². The van der Waals surface area contributed by atoms with E-state index in [9.17, 15) is 9.59 Å². The van der Waals surface area contributed by atoms with Crippen LogP contribution in [0.25, 0.3) is 0 Å². The molecule has 0 amide bonds. The van der Waals surface area contributed by atoms with E-state index in [0.29, 0.717) is 24.5 Å². The first-order chi connectivity index (χ1) is 11.0. The Labute approximate surface area is 143 Å². The molecule has 128 valence electrons. The average Bonchev–Trinajstić information content (AvgIpc) is 2.55. The molecule has 4 nitrogen and oxygen atoms in total. The second-order valence-corrected chi connectivity index (χ2v) is 5.86. The molecule has 0 radical (unpaired) electrons. The quantitative estimate of drug-likeness (QED) is 0.281. The van der Waals surface area contributed by atoms with Gasteiger partial charge in [0.1, 0.15) is 5.75 Å². The van der Waals surface area contributed by atoms with Crippen LogP contribution in [0.5, 0.6) is 5.75 Å². The summed E-state index contributed by atoms with van der Waals surface area (Å²) in [6.07, 6.45) is 3.46. The van der Waals surface area contributed by atoms with Crippen molar-refractivity contribution in [2.75, 3.05) is 6.61 Å². The van der Waals surface area contributed by atoms with E-state index >= 15 is 0 Å². The number of para-hydroxylation sites is 1. The van der Waals surface area contributed by atoms with Gasteiger partial charge in [-0.05, 0) is 31.4 Å². The van der Waals surface area contributed by atoms with E-state index in [1.54, 1.807) is 38.1 Å². The number of ether oxygens (including phenoxy) is 2. The second-order valence-electron chi connectivity index (χ2n) is 5.45. The number of benzene rings is 1. The third kappa shape index (κ3) is 4.96. The summed E-state index contributed by atoms with van der Waals surface area (Å²) in [6, 6.07) is 6.70. The first-order valence-electron chi connectivity index (χ1n) is 8.15. The Morgan fingerprint density at radius 2 is 1.70 bits per heavy atom. The van der Waals surface area contributed by atoms with Gasteiger partial charge in [-0.25, -0.2) is 0 Å². The summed E-state index contributed by atoms with van der Waals surface area (Å²) in [6.45, 7) is 5.97. The predicted molar refractivity (Wildman–Crippen MR) is 90.6 cm³/mol. The zero-order valence-corrected chi connectivity index (χ0v) is 14.8. The summed E-state index contributed by atoms with van der Waals surface area (Å²) in [5.41, 5.74) is -1.29. The number of unbranched alkanes of at least 4 members (excludes halogenated alkanes) is 2. The molecule has 1 aromatic rings. The molecular formula is C18H25ClO4. The molecule has 0 saturated carbocycles. The Kier molecular flexibility index (Phi) is 8.10. The molecule has 0 atom stereocenters. The van der Waals surface area contributed by atoms with E-state index < -0.39 is 17.4 Å². The number of carbonyl (C=O) groups excluding carboxylic acids is 2. The molecule has 0 bridgehead atoms. The molecule has 0 unspecified atom stereocenters. The minimum Gasteiger partial charge on any atom is -0.465 e. The molecule has 0 fully saturated rings. The highest BCUT2D eigenvalue weighted by Crippen LogP contribution is 2.33. The third-order valence-corrected chi connectivity index (χ3v) is 4.32. The van der Waals surface area contributed by atoms with E-state index in [-0.39, 0.29) is 5.75 Å². The van der Waals surface area contributed by atoms with Gasteiger partial charge in [-0.2, -0.15) is 0 Å². The topological polar surface area (TPSA) is 52.6 Å². The van der Waals surface area contributed by atoms with Gasteiger partial charge >= 0.3 is 11.9 Å². The van der Waals surface area contributed by atoms with Gasteiger partial charge in [-0.1, -0.05) is 57.3 Å². The van der Waals surface area contributed by atoms with Crippen LogP contribution in [-0.2, 0) is 14.3 Å². The van der Waals surface area contributed by atoms with Crippen LogP contribution in [0.4, 0.5) is 0 Å². The van der Waals surface area contributed by atoms with Crippen LogP contribution >= 0.6 is 11.6 Å². The zero-order chi connectivity index (χ0) is 17.3. The van der Waals surface area contributed by atoms with Crippen molar-refractivity contribution in [3.63, 3.8) is 0 Å². The standard InChI is InChI=1S/C18H25ClO4/c1-4-7-10-13-22-16(20)18(5-2,6-3)17(21)23-15-12-9-8-11-14(15)19/h8-9,11-12H,4-7,10,13H2,1-3H3. The second kappa shape index (κ2) is 9.56. The molecule has 1 rings (SSSR count). The Bertz CT molecular complexity index is 524. The maximum atomic E-state index is 12.6. The fourth-order valence-electron chi connectivity index (χ4n) is 2.29. The number of rotatable bonds is 9. The maximum Gasteiger partial charge on any atom is 0.328 e. The fourth-order valence-corrected chi connectivity index (χ4v) is 2.47. The smallest absolute Gasteiger partial charge is 0.328 e. The Morgan fingerprint density at radius 3 is 2.26 bits per heavy atom. The first kappa shape index (κ1) is 19.5. The summed E-state index contributed by atoms with van der Waals surface area (Å²) in [5.74, 6) is -0.879. The van der Waals surface area contributed by atoms with Crippen LogP contribution in [0, 0.1) is 5.41 Å². The summed E-state index contributed by atoms with van der Waals surface area (Å²) in [5, 5.41) is 0.332. The molecule has 0 aliphatic rings. The van der Waals surface area contributed by atoms with Gasteiger partial charge in [0, 0.05) is 0 Å². The van der Waals surface area contributed by atoms with Crippen molar-refractivity contribution >= 4 is 23.5 Å². The van der Waals surface area contributed by atoms with E-state index in [4.69, 9.17) is 21.1 Å². The summed E-state index contributed by atoms with van der Waals surface area (Å²) in [4.78, 5) is 25.0. The van der Waals surface area contributed by atoms with E-state index in [1.165, 1.54) is 0 Å². The van der Waals surface area contributed by atoms with Gasteiger partial charge in [-0.3, -0.25) is 9.59 Å². The Hall–Kier alpha value is -1.55. The van der Waals surface area contributed by atoms with E-state index in [0.717, 1.165) is 19.3 Å². The molecule has 0 aliphatic heterocycles. The van der Waals surface area contributed by atoms with Crippen LogP contribution in [0.3, 0.4) is 0 Å². The lowest BCUT2D eigenvalue weighted by atomic mass is 9.82. The number of hydrogen-bond donors (Lipinski definition) is 0. The summed E-state index contributed by atoms with van der Waals surface area (Å²) in [7, 11) is 0. The molecule has 0 saturated heterocycles. The molecule has 0 spiro atoms.